The van der Waals surface area contributed by atoms with E-state index in [0.717, 1.165) is 19.3 Å². The van der Waals surface area contributed by atoms with Gasteiger partial charge in [0.25, 0.3) is 0 Å². The van der Waals surface area contributed by atoms with Gasteiger partial charge in [-0.05, 0) is 40.5 Å². The maximum absolute atomic E-state index is 11.8. The van der Waals surface area contributed by atoms with Crippen molar-refractivity contribution in [3.05, 3.63) is 0 Å². The third kappa shape index (κ3) is 3.33. The molecule has 0 aromatic carbocycles. The molecule has 1 fully saturated rings. The summed E-state index contributed by atoms with van der Waals surface area (Å²) in [6.07, 6.45) is 2.98. The molecule has 0 aromatic rings. The Morgan fingerprint density at radius 1 is 1.27 bits per heavy atom. The summed E-state index contributed by atoms with van der Waals surface area (Å²) in [4.78, 5) is 23.4. The number of Topliss-reactive ketones (excluding diaryl/α,β-unsaturated/α-hetero) is 1. The lowest BCUT2D eigenvalue weighted by atomic mass is 9.78. The Morgan fingerprint density at radius 3 is 2.13 bits per heavy atom. The molecule has 1 aliphatic rings. The number of rotatable bonds is 3. The SMILES string of the molecule is C[C@@H](C(=O)OC(C)(C)C)C(=O)C1CCC1. The summed E-state index contributed by atoms with van der Waals surface area (Å²) in [5, 5.41) is 0. The van der Waals surface area contributed by atoms with Crippen LogP contribution in [0.5, 0.6) is 0 Å². The van der Waals surface area contributed by atoms with Gasteiger partial charge in [-0.15, -0.1) is 0 Å². The summed E-state index contributed by atoms with van der Waals surface area (Å²) in [5.74, 6) is -0.836. The standard InChI is InChI=1S/C12H20O3/c1-8(10(13)9-6-5-7-9)11(14)15-12(2,3)4/h8-9H,5-7H2,1-4H3/t8-/m1/s1. The number of hydrogen-bond donors (Lipinski definition) is 0. The molecule has 0 N–H and O–H groups in total. The van der Waals surface area contributed by atoms with Crippen molar-refractivity contribution in [2.24, 2.45) is 11.8 Å². The molecule has 0 spiro atoms. The first-order chi connectivity index (χ1) is 6.81. The quantitative estimate of drug-likeness (QED) is 0.532. The first-order valence-electron chi connectivity index (χ1n) is 5.58. The summed E-state index contributed by atoms with van der Waals surface area (Å²) in [6.45, 7) is 7.08. The number of esters is 1. The van der Waals surface area contributed by atoms with Gasteiger partial charge in [0.2, 0.25) is 0 Å². The summed E-state index contributed by atoms with van der Waals surface area (Å²) in [7, 11) is 0. The van der Waals surface area contributed by atoms with Crippen LogP contribution in [-0.2, 0) is 14.3 Å². The second-order valence-corrected chi connectivity index (χ2v) is 5.29. The molecule has 3 heteroatoms. The van der Waals surface area contributed by atoms with E-state index in [1.165, 1.54) is 0 Å². The molecule has 86 valence electrons. The Kier molecular flexibility index (Phi) is 3.53. The number of carbonyl (C=O) groups is 2. The monoisotopic (exact) mass is 212 g/mol. The minimum atomic E-state index is -0.602. The third-order valence-corrected chi connectivity index (χ3v) is 2.69. The molecule has 1 rings (SSSR count). The molecule has 0 unspecified atom stereocenters. The highest BCUT2D eigenvalue weighted by atomic mass is 16.6. The molecule has 15 heavy (non-hydrogen) atoms. The van der Waals surface area contributed by atoms with Crippen LogP contribution in [0.15, 0.2) is 0 Å². The largest absolute Gasteiger partial charge is 0.459 e. The van der Waals surface area contributed by atoms with Gasteiger partial charge in [-0.3, -0.25) is 9.59 Å². The molecule has 0 saturated heterocycles. The van der Waals surface area contributed by atoms with Gasteiger partial charge in [0.1, 0.15) is 17.3 Å². The highest BCUT2D eigenvalue weighted by molar-refractivity contribution is 6.00. The van der Waals surface area contributed by atoms with Gasteiger partial charge in [-0.25, -0.2) is 0 Å². The smallest absolute Gasteiger partial charge is 0.316 e. The predicted molar refractivity (Wildman–Crippen MR) is 57.4 cm³/mol. The van der Waals surface area contributed by atoms with Crippen LogP contribution in [-0.4, -0.2) is 17.4 Å². The Morgan fingerprint density at radius 2 is 1.80 bits per heavy atom. The van der Waals surface area contributed by atoms with Crippen LogP contribution >= 0.6 is 0 Å². The van der Waals surface area contributed by atoms with E-state index >= 15 is 0 Å². The summed E-state index contributed by atoms with van der Waals surface area (Å²) in [6, 6.07) is 0. The first kappa shape index (κ1) is 12.2. The topological polar surface area (TPSA) is 43.4 Å². The Bertz CT molecular complexity index is 259. The zero-order valence-corrected chi connectivity index (χ0v) is 10.0. The van der Waals surface area contributed by atoms with E-state index in [2.05, 4.69) is 0 Å². The predicted octanol–water partition coefficient (Wildman–Crippen LogP) is 2.33. The fraction of sp³-hybridized carbons (Fsp3) is 0.833. The summed E-state index contributed by atoms with van der Waals surface area (Å²) >= 11 is 0. The fourth-order valence-corrected chi connectivity index (χ4v) is 1.55. The minimum Gasteiger partial charge on any atom is -0.459 e. The van der Waals surface area contributed by atoms with Crippen molar-refractivity contribution in [1.82, 2.24) is 0 Å². The van der Waals surface area contributed by atoms with Crippen molar-refractivity contribution in [3.8, 4) is 0 Å². The number of ketones is 1. The van der Waals surface area contributed by atoms with Crippen LogP contribution in [0.25, 0.3) is 0 Å². The maximum Gasteiger partial charge on any atom is 0.316 e. The number of ether oxygens (including phenoxy) is 1. The van der Waals surface area contributed by atoms with Crippen LogP contribution in [0.4, 0.5) is 0 Å². The zero-order chi connectivity index (χ0) is 11.6. The van der Waals surface area contributed by atoms with Gasteiger partial charge in [0, 0.05) is 5.92 Å². The molecule has 0 amide bonds. The molecular weight excluding hydrogens is 192 g/mol. The molecule has 0 bridgehead atoms. The van der Waals surface area contributed by atoms with Crippen molar-refractivity contribution < 1.29 is 14.3 Å². The number of carbonyl (C=O) groups excluding carboxylic acids is 2. The van der Waals surface area contributed by atoms with Crippen LogP contribution in [0.3, 0.4) is 0 Å². The van der Waals surface area contributed by atoms with Crippen molar-refractivity contribution in [2.75, 3.05) is 0 Å². The van der Waals surface area contributed by atoms with E-state index in [4.69, 9.17) is 4.74 Å². The van der Waals surface area contributed by atoms with Crippen molar-refractivity contribution >= 4 is 11.8 Å². The Hall–Kier alpha value is -0.860. The number of hydrogen-bond acceptors (Lipinski definition) is 3. The Balaban J connectivity index is 2.48. The molecular formula is C12H20O3. The van der Waals surface area contributed by atoms with Crippen LogP contribution < -0.4 is 0 Å². The maximum atomic E-state index is 11.8. The highest BCUT2D eigenvalue weighted by Crippen LogP contribution is 2.30. The van der Waals surface area contributed by atoms with Crippen LogP contribution in [0.1, 0.15) is 47.0 Å². The lowest BCUT2D eigenvalue weighted by Gasteiger charge is -2.27. The van der Waals surface area contributed by atoms with Gasteiger partial charge in [-0.1, -0.05) is 6.42 Å². The van der Waals surface area contributed by atoms with Gasteiger partial charge >= 0.3 is 5.97 Å². The molecule has 1 atom stereocenters. The van der Waals surface area contributed by atoms with Gasteiger partial charge in [-0.2, -0.15) is 0 Å². The average molecular weight is 212 g/mol. The van der Waals surface area contributed by atoms with Crippen molar-refractivity contribution in [2.45, 2.75) is 52.6 Å². The molecule has 0 radical (unpaired) electrons. The van der Waals surface area contributed by atoms with E-state index < -0.39 is 11.5 Å². The van der Waals surface area contributed by atoms with Crippen molar-refractivity contribution in [1.29, 1.82) is 0 Å². The van der Waals surface area contributed by atoms with Gasteiger partial charge < -0.3 is 4.74 Å². The summed E-state index contributed by atoms with van der Waals surface area (Å²) in [5.41, 5.74) is -0.509. The van der Waals surface area contributed by atoms with Gasteiger partial charge in [0.05, 0.1) is 0 Å². The van der Waals surface area contributed by atoms with Crippen LogP contribution in [0.2, 0.25) is 0 Å². The van der Waals surface area contributed by atoms with Gasteiger partial charge in [0.15, 0.2) is 0 Å². The molecule has 1 saturated carbocycles. The first-order valence-corrected chi connectivity index (χ1v) is 5.58. The molecule has 0 heterocycles. The second kappa shape index (κ2) is 4.33. The normalized spacial score (nSPS) is 19.2. The fourth-order valence-electron chi connectivity index (χ4n) is 1.55. The van der Waals surface area contributed by atoms with E-state index in [-0.39, 0.29) is 17.7 Å². The highest BCUT2D eigenvalue weighted by Gasteiger charge is 2.34. The van der Waals surface area contributed by atoms with Crippen LogP contribution in [0, 0.1) is 11.8 Å². The van der Waals surface area contributed by atoms with Crippen molar-refractivity contribution in [3.63, 3.8) is 0 Å². The zero-order valence-electron chi connectivity index (χ0n) is 10.0. The summed E-state index contributed by atoms with van der Waals surface area (Å²) < 4.78 is 5.18. The Labute approximate surface area is 91.2 Å². The minimum absolute atomic E-state index is 0.0514. The van der Waals surface area contributed by atoms with E-state index in [1.807, 2.05) is 20.8 Å². The lowest BCUT2D eigenvalue weighted by Crippen LogP contribution is -2.35. The average Bonchev–Trinajstić information content (AvgIpc) is 1.96. The van der Waals surface area contributed by atoms with E-state index in [1.54, 1.807) is 6.92 Å². The molecule has 0 aromatic heterocycles. The molecule has 3 nitrogen and oxygen atoms in total. The molecule has 1 aliphatic carbocycles. The second-order valence-electron chi connectivity index (χ2n) is 5.29. The lowest BCUT2D eigenvalue weighted by molar-refractivity contribution is -0.162. The van der Waals surface area contributed by atoms with E-state index in [9.17, 15) is 9.59 Å². The van der Waals surface area contributed by atoms with E-state index in [0.29, 0.717) is 0 Å². The third-order valence-electron chi connectivity index (χ3n) is 2.69. The molecule has 0 aliphatic heterocycles.